The van der Waals surface area contributed by atoms with Crippen LogP contribution < -0.4 is 10.1 Å². The van der Waals surface area contributed by atoms with E-state index in [9.17, 15) is 9.59 Å². The molecule has 0 aliphatic carbocycles. The van der Waals surface area contributed by atoms with Crippen LogP contribution in [-0.2, 0) is 4.79 Å². The number of anilines is 1. The molecule has 1 aromatic rings. The maximum atomic E-state index is 11.9. The average Bonchev–Trinajstić information content (AvgIpc) is 2.27. The third kappa shape index (κ3) is 2.34. The normalized spacial score (nSPS) is 15.6. The molecule has 5 heteroatoms. The molecule has 1 amide bonds. The van der Waals surface area contributed by atoms with Crippen LogP contribution in [0.2, 0.25) is 0 Å². The van der Waals surface area contributed by atoms with Gasteiger partial charge in [0.15, 0.2) is 12.4 Å². The van der Waals surface area contributed by atoms with E-state index in [0.717, 1.165) is 5.56 Å². The molecule has 1 N–H and O–H groups in total. The van der Waals surface area contributed by atoms with Crippen LogP contribution in [0.4, 0.5) is 5.69 Å². The Morgan fingerprint density at radius 1 is 1.53 bits per heavy atom. The summed E-state index contributed by atoms with van der Waals surface area (Å²) in [6.07, 6.45) is 0. The van der Waals surface area contributed by atoms with E-state index < -0.39 is 0 Å². The molecule has 17 heavy (non-hydrogen) atoms. The van der Waals surface area contributed by atoms with Gasteiger partial charge in [0, 0.05) is 5.56 Å². The number of hydrogen-bond acceptors (Lipinski definition) is 3. The summed E-state index contributed by atoms with van der Waals surface area (Å²) in [6, 6.07) is 3.43. The SMILES string of the molecule is Cc1cc(C(=O)C(C)Br)cc2c1OCC(=O)N2. The summed E-state index contributed by atoms with van der Waals surface area (Å²) in [7, 11) is 0. The van der Waals surface area contributed by atoms with Crippen molar-refractivity contribution in [2.45, 2.75) is 18.7 Å². The summed E-state index contributed by atoms with van der Waals surface area (Å²) in [4.78, 5) is 22.8. The molecule has 0 saturated heterocycles. The van der Waals surface area contributed by atoms with E-state index in [1.165, 1.54) is 0 Å². The highest BCUT2D eigenvalue weighted by Crippen LogP contribution is 2.33. The van der Waals surface area contributed by atoms with Crippen molar-refractivity contribution < 1.29 is 14.3 Å². The highest BCUT2D eigenvalue weighted by Gasteiger charge is 2.21. The fourth-order valence-corrected chi connectivity index (χ4v) is 2.02. The molecule has 1 aliphatic rings. The largest absolute Gasteiger partial charge is 0.481 e. The average molecular weight is 298 g/mol. The van der Waals surface area contributed by atoms with Crippen molar-refractivity contribution in [3.8, 4) is 5.75 Å². The number of alkyl halides is 1. The Bertz CT molecular complexity index is 497. The third-order valence-corrected chi connectivity index (χ3v) is 2.96. The molecule has 90 valence electrons. The van der Waals surface area contributed by atoms with Crippen LogP contribution in [0.15, 0.2) is 12.1 Å². The summed E-state index contributed by atoms with van der Waals surface area (Å²) in [5.74, 6) is 0.424. The molecule has 0 aromatic heterocycles. The fraction of sp³-hybridized carbons (Fsp3) is 0.333. The highest BCUT2D eigenvalue weighted by molar-refractivity contribution is 9.10. The first-order valence-corrected chi connectivity index (χ1v) is 6.16. The third-order valence-electron chi connectivity index (χ3n) is 2.54. The zero-order chi connectivity index (χ0) is 12.6. The van der Waals surface area contributed by atoms with E-state index in [0.29, 0.717) is 17.0 Å². The second kappa shape index (κ2) is 4.49. The minimum Gasteiger partial charge on any atom is -0.481 e. The Labute approximate surface area is 107 Å². The maximum absolute atomic E-state index is 11.9. The zero-order valence-corrected chi connectivity index (χ0v) is 11.1. The van der Waals surface area contributed by atoms with Gasteiger partial charge in [-0.3, -0.25) is 9.59 Å². The van der Waals surface area contributed by atoms with Gasteiger partial charge in [0.05, 0.1) is 10.5 Å². The Kier molecular flexibility index (Phi) is 3.19. The molecule has 1 heterocycles. The lowest BCUT2D eigenvalue weighted by Crippen LogP contribution is -2.26. The maximum Gasteiger partial charge on any atom is 0.262 e. The Balaban J connectivity index is 2.46. The topological polar surface area (TPSA) is 55.4 Å². The lowest BCUT2D eigenvalue weighted by molar-refractivity contribution is -0.118. The van der Waals surface area contributed by atoms with Gasteiger partial charge in [0.1, 0.15) is 5.75 Å². The second-order valence-electron chi connectivity index (χ2n) is 3.99. The molecule has 0 spiro atoms. The molecule has 0 radical (unpaired) electrons. The fourth-order valence-electron chi connectivity index (χ4n) is 1.75. The van der Waals surface area contributed by atoms with Gasteiger partial charge in [-0.05, 0) is 31.5 Å². The smallest absolute Gasteiger partial charge is 0.262 e. The standard InChI is InChI=1S/C12H12BrNO3/c1-6-3-8(11(16)7(2)13)4-9-12(6)17-5-10(15)14-9/h3-4,7H,5H2,1-2H3,(H,14,15). The Morgan fingerprint density at radius 2 is 2.24 bits per heavy atom. The van der Waals surface area contributed by atoms with E-state index in [2.05, 4.69) is 21.2 Å². The molecule has 2 rings (SSSR count). The molecule has 0 bridgehead atoms. The minimum atomic E-state index is -0.250. The molecule has 1 aliphatic heterocycles. The number of carbonyl (C=O) groups is 2. The molecule has 1 atom stereocenters. The molecule has 0 fully saturated rings. The van der Waals surface area contributed by atoms with E-state index in [4.69, 9.17) is 4.74 Å². The summed E-state index contributed by atoms with van der Waals surface area (Å²) in [6.45, 7) is 3.65. The van der Waals surface area contributed by atoms with Crippen LogP contribution >= 0.6 is 15.9 Å². The monoisotopic (exact) mass is 297 g/mol. The van der Waals surface area contributed by atoms with Gasteiger partial charge in [0.25, 0.3) is 5.91 Å². The number of halogens is 1. The molecule has 4 nitrogen and oxygen atoms in total. The van der Waals surface area contributed by atoms with E-state index in [1.54, 1.807) is 19.1 Å². The van der Waals surface area contributed by atoms with Crippen molar-refractivity contribution in [1.82, 2.24) is 0 Å². The number of benzene rings is 1. The van der Waals surface area contributed by atoms with E-state index >= 15 is 0 Å². The number of fused-ring (bicyclic) bond motifs is 1. The lowest BCUT2D eigenvalue weighted by Gasteiger charge is -2.20. The molecule has 1 unspecified atom stereocenters. The minimum absolute atomic E-state index is 0.0178. The van der Waals surface area contributed by atoms with Gasteiger partial charge in [-0.1, -0.05) is 15.9 Å². The van der Waals surface area contributed by atoms with Gasteiger partial charge in [-0.15, -0.1) is 0 Å². The van der Waals surface area contributed by atoms with Crippen molar-refractivity contribution >= 4 is 33.3 Å². The van der Waals surface area contributed by atoms with Crippen molar-refractivity contribution in [2.75, 3.05) is 11.9 Å². The summed E-state index contributed by atoms with van der Waals surface area (Å²) < 4.78 is 5.33. The predicted molar refractivity (Wildman–Crippen MR) is 68.0 cm³/mol. The van der Waals surface area contributed by atoms with Gasteiger partial charge in [-0.25, -0.2) is 0 Å². The van der Waals surface area contributed by atoms with Crippen LogP contribution in [0.1, 0.15) is 22.8 Å². The Morgan fingerprint density at radius 3 is 2.88 bits per heavy atom. The number of ether oxygens (including phenoxy) is 1. The number of nitrogens with one attached hydrogen (secondary N) is 1. The van der Waals surface area contributed by atoms with E-state index in [-0.39, 0.29) is 23.1 Å². The number of amides is 1. The number of aryl methyl sites for hydroxylation is 1. The zero-order valence-electron chi connectivity index (χ0n) is 9.54. The van der Waals surface area contributed by atoms with Crippen molar-refractivity contribution in [3.63, 3.8) is 0 Å². The quantitative estimate of drug-likeness (QED) is 0.673. The molecule has 1 aromatic carbocycles. The highest BCUT2D eigenvalue weighted by atomic mass is 79.9. The lowest BCUT2D eigenvalue weighted by atomic mass is 10.0. The number of hydrogen-bond donors (Lipinski definition) is 1. The van der Waals surface area contributed by atoms with Crippen LogP contribution in [0.3, 0.4) is 0 Å². The van der Waals surface area contributed by atoms with Crippen molar-refractivity contribution in [3.05, 3.63) is 23.3 Å². The summed E-state index contributed by atoms with van der Waals surface area (Å²) >= 11 is 3.24. The van der Waals surface area contributed by atoms with E-state index in [1.807, 2.05) is 6.92 Å². The second-order valence-corrected chi connectivity index (χ2v) is 5.36. The van der Waals surface area contributed by atoms with Gasteiger partial charge in [0.2, 0.25) is 0 Å². The first kappa shape index (κ1) is 12.1. The van der Waals surface area contributed by atoms with Crippen LogP contribution in [0.5, 0.6) is 5.75 Å². The van der Waals surface area contributed by atoms with Crippen LogP contribution in [0.25, 0.3) is 0 Å². The number of Topliss-reactive ketones (excluding diaryl/α,β-unsaturated/α-hetero) is 1. The summed E-state index contributed by atoms with van der Waals surface area (Å²) in [5.41, 5.74) is 1.98. The number of carbonyl (C=O) groups excluding carboxylic acids is 2. The van der Waals surface area contributed by atoms with Crippen molar-refractivity contribution in [1.29, 1.82) is 0 Å². The van der Waals surface area contributed by atoms with Crippen LogP contribution in [-0.4, -0.2) is 23.1 Å². The van der Waals surface area contributed by atoms with Gasteiger partial charge < -0.3 is 10.1 Å². The van der Waals surface area contributed by atoms with Crippen molar-refractivity contribution in [2.24, 2.45) is 0 Å². The Hall–Kier alpha value is -1.36. The first-order chi connectivity index (χ1) is 7.99. The molecular weight excluding hydrogens is 286 g/mol. The van der Waals surface area contributed by atoms with Crippen LogP contribution in [0, 0.1) is 6.92 Å². The number of ketones is 1. The predicted octanol–water partition coefficient (Wildman–Crippen LogP) is 2.29. The summed E-state index contributed by atoms with van der Waals surface area (Å²) in [5, 5.41) is 2.70. The number of rotatable bonds is 2. The van der Waals surface area contributed by atoms with Gasteiger partial charge in [-0.2, -0.15) is 0 Å². The first-order valence-electron chi connectivity index (χ1n) is 5.24. The van der Waals surface area contributed by atoms with Gasteiger partial charge >= 0.3 is 0 Å². The molecule has 0 saturated carbocycles. The molecular formula is C12H12BrNO3.